The molecule has 1 saturated heterocycles. The van der Waals surface area contributed by atoms with Gasteiger partial charge >= 0.3 is 5.97 Å². The fraction of sp³-hybridized carbons (Fsp3) is 0.458. The second kappa shape index (κ2) is 8.96. The van der Waals surface area contributed by atoms with Crippen LogP contribution in [0.2, 0.25) is 0 Å². The molecule has 1 aromatic heterocycles. The number of carboxylic acids is 1. The predicted molar refractivity (Wildman–Crippen MR) is 114 cm³/mol. The fourth-order valence-electron chi connectivity index (χ4n) is 5.03. The largest absolute Gasteiger partial charge is 0.481 e. The van der Waals surface area contributed by atoms with Crippen molar-refractivity contribution in [1.29, 1.82) is 0 Å². The molecule has 158 valence electrons. The summed E-state index contributed by atoms with van der Waals surface area (Å²) in [7, 11) is 0. The van der Waals surface area contributed by atoms with Crippen LogP contribution in [0.3, 0.4) is 0 Å². The molecule has 0 bridgehead atoms. The summed E-state index contributed by atoms with van der Waals surface area (Å²) in [5.74, 6) is -0.980. The van der Waals surface area contributed by atoms with Crippen LogP contribution in [0.5, 0.6) is 0 Å². The number of carbonyl (C=O) groups excluding carboxylic acids is 1. The Hall–Kier alpha value is -2.73. The molecule has 0 aliphatic carbocycles. The molecule has 0 saturated carbocycles. The number of carboxylic acid groups (broad SMARTS) is 1. The van der Waals surface area contributed by atoms with Crippen LogP contribution in [0.4, 0.5) is 0 Å². The second-order valence-electron chi connectivity index (χ2n) is 8.76. The highest BCUT2D eigenvalue weighted by atomic mass is 16.4. The Morgan fingerprint density at radius 3 is 2.67 bits per heavy atom. The number of amides is 1. The monoisotopic (exact) mass is 407 g/mol. The van der Waals surface area contributed by atoms with E-state index in [1.165, 1.54) is 16.7 Å². The van der Waals surface area contributed by atoms with Crippen LogP contribution in [-0.2, 0) is 29.1 Å². The van der Waals surface area contributed by atoms with E-state index in [-0.39, 0.29) is 24.2 Å². The van der Waals surface area contributed by atoms with Crippen LogP contribution in [0.15, 0.2) is 48.8 Å². The average molecular weight is 408 g/mol. The molecule has 1 N–H and O–H groups in total. The van der Waals surface area contributed by atoms with Crippen LogP contribution in [0, 0.1) is 5.41 Å². The summed E-state index contributed by atoms with van der Waals surface area (Å²) in [4.78, 5) is 32.5. The maximum atomic E-state index is 12.9. The molecule has 30 heavy (non-hydrogen) atoms. The third-order valence-electron chi connectivity index (χ3n) is 6.35. The zero-order chi connectivity index (χ0) is 21.0. The van der Waals surface area contributed by atoms with Gasteiger partial charge in [-0.2, -0.15) is 0 Å². The number of nitrogens with zero attached hydrogens (tertiary/aromatic N) is 3. The lowest BCUT2D eigenvalue weighted by Gasteiger charge is -2.44. The van der Waals surface area contributed by atoms with Crippen LogP contribution in [0.1, 0.15) is 42.4 Å². The third kappa shape index (κ3) is 4.87. The van der Waals surface area contributed by atoms with Gasteiger partial charge in [0.15, 0.2) is 0 Å². The van der Waals surface area contributed by atoms with Gasteiger partial charge in [-0.05, 0) is 48.6 Å². The molecule has 1 spiro atoms. The topological polar surface area (TPSA) is 73.7 Å². The van der Waals surface area contributed by atoms with E-state index in [2.05, 4.69) is 34.1 Å². The number of aliphatic carboxylic acids is 1. The van der Waals surface area contributed by atoms with Crippen LogP contribution in [-0.4, -0.2) is 51.4 Å². The zero-order valence-corrected chi connectivity index (χ0v) is 17.3. The minimum atomic E-state index is -0.923. The van der Waals surface area contributed by atoms with E-state index in [0.717, 1.165) is 38.9 Å². The van der Waals surface area contributed by atoms with Crippen molar-refractivity contribution in [3.8, 4) is 0 Å². The Morgan fingerprint density at radius 1 is 1.07 bits per heavy atom. The SMILES string of the molecule is O=C(O)CCC(=O)N1Cc2ccccc2CC2(CCCN(Cc3cccnc3)C2)C1. The van der Waals surface area contributed by atoms with Crippen LogP contribution < -0.4 is 0 Å². The first-order valence-electron chi connectivity index (χ1n) is 10.7. The molecule has 1 amide bonds. The van der Waals surface area contributed by atoms with Crippen molar-refractivity contribution in [2.45, 2.75) is 45.2 Å². The first-order valence-corrected chi connectivity index (χ1v) is 10.7. The van der Waals surface area contributed by atoms with Gasteiger partial charge < -0.3 is 10.0 Å². The van der Waals surface area contributed by atoms with E-state index in [1.54, 1.807) is 6.20 Å². The molecule has 6 heteroatoms. The number of carbonyl (C=O) groups is 2. The van der Waals surface area contributed by atoms with Gasteiger partial charge in [-0.3, -0.25) is 19.5 Å². The van der Waals surface area contributed by atoms with Crippen LogP contribution >= 0.6 is 0 Å². The van der Waals surface area contributed by atoms with E-state index in [9.17, 15) is 9.59 Å². The quantitative estimate of drug-likeness (QED) is 0.824. The van der Waals surface area contributed by atoms with E-state index in [4.69, 9.17) is 5.11 Å². The fourth-order valence-corrected chi connectivity index (χ4v) is 5.03. The summed E-state index contributed by atoms with van der Waals surface area (Å²) in [5.41, 5.74) is 3.70. The normalized spacial score (nSPS) is 21.8. The predicted octanol–water partition coefficient (Wildman–Crippen LogP) is 3.11. The van der Waals surface area contributed by atoms with Crippen molar-refractivity contribution < 1.29 is 14.7 Å². The first-order chi connectivity index (χ1) is 14.5. The first kappa shape index (κ1) is 20.5. The summed E-state index contributed by atoms with van der Waals surface area (Å²) in [6, 6.07) is 12.5. The lowest BCUT2D eigenvalue weighted by Crippen LogP contribution is -2.50. The Kier molecular flexibility index (Phi) is 6.13. The lowest BCUT2D eigenvalue weighted by atomic mass is 9.74. The molecule has 1 aromatic carbocycles. The van der Waals surface area contributed by atoms with Crippen molar-refractivity contribution >= 4 is 11.9 Å². The Labute approximate surface area is 177 Å². The summed E-state index contributed by atoms with van der Waals surface area (Å²) < 4.78 is 0. The van der Waals surface area contributed by atoms with Crippen LogP contribution in [0.25, 0.3) is 0 Å². The third-order valence-corrected chi connectivity index (χ3v) is 6.35. The molecule has 2 aliphatic rings. The number of fused-ring (bicyclic) bond motifs is 1. The van der Waals surface area contributed by atoms with Gasteiger partial charge in [0.2, 0.25) is 5.91 Å². The highest BCUT2D eigenvalue weighted by molar-refractivity contribution is 5.80. The number of rotatable bonds is 5. The standard InChI is InChI=1S/C24H29N3O3/c28-22(8-9-23(29)30)27-16-21-7-2-1-6-20(21)13-24(18-27)10-4-12-26(17-24)15-19-5-3-11-25-14-19/h1-3,5-7,11,14H,4,8-10,12-13,15-18H2,(H,29,30). The number of likely N-dealkylation sites (tertiary alicyclic amines) is 1. The lowest BCUT2D eigenvalue weighted by molar-refractivity contribution is -0.141. The van der Waals surface area contributed by atoms with Crippen molar-refractivity contribution in [3.05, 3.63) is 65.5 Å². The van der Waals surface area contributed by atoms with Gasteiger partial charge in [-0.15, -0.1) is 0 Å². The van der Waals surface area contributed by atoms with E-state index in [1.807, 2.05) is 23.2 Å². The summed E-state index contributed by atoms with van der Waals surface area (Å²) >= 11 is 0. The number of hydrogen-bond donors (Lipinski definition) is 1. The number of benzene rings is 1. The van der Waals surface area contributed by atoms with Gasteiger partial charge in [-0.1, -0.05) is 30.3 Å². The van der Waals surface area contributed by atoms with Crippen molar-refractivity contribution in [3.63, 3.8) is 0 Å². The summed E-state index contributed by atoms with van der Waals surface area (Å²) in [6.45, 7) is 4.09. The Balaban J connectivity index is 1.57. The van der Waals surface area contributed by atoms with Gasteiger partial charge in [-0.25, -0.2) is 0 Å². The van der Waals surface area contributed by atoms with Gasteiger partial charge in [0.25, 0.3) is 0 Å². The number of pyridine rings is 1. The maximum Gasteiger partial charge on any atom is 0.303 e. The maximum absolute atomic E-state index is 12.9. The smallest absolute Gasteiger partial charge is 0.303 e. The van der Waals surface area contributed by atoms with E-state index in [0.29, 0.717) is 13.1 Å². The number of aromatic nitrogens is 1. The Morgan fingerprint density at radius 2 is 1.90 bits per heavy atom. The average Bonchev–Trinajstić information content (AvgIpc) is 2.89. The highest BCUT2D eigenvalue weighted by Crippen LogP contribution is 2.39. The molecule has 3 heterocycles. The molecule has 1 fully saturated rings. The number of hydrogen-bond acceptors (Lipinski definition) is 4. The summed E-state index contributed by atoms with van der Waals surface area (Å²) in [6.07, 6.45) is 6.79. The molecular formula is C24H29N3O3. The van der Waals surface area contributed by atoms with Gasteiger partial charge in [0.1, 0.15) is 0 Å². The van der Waals surface area contributed by atoms with E-state index >= 15 is 0 Å². The number of piperidine rings is 1. The van der Waals surface area contributed by atoms with Crippen molar-refractivity contribution in [2.75, 3.05) is 19.6 Å². The van der Waals surface area contributed by atoms with Crippen molar-refractivity contribution in [1.82, 2.24) is 14.8 Å². The molecule has 0 radical (unpaired) electrons. The molecule has 6 nitrogen and oxygen atoms in total. The van der Waals surface area contributed by atoms with Gasteiger partial charge in [0.05, 0.1) is 6.42 Å². The Bertz CT molecular complexity index is 902. The van der Waals surface area contributed by atoms with E-state index < -0.39 is 5.97 Å². The zero-order valence-electron chi connectivity index (χ0n) is 17.3. The molecular weight excluding hydrogens is 378 g/mol. The minimum Gasteiger partial charge on any atom is -0.481 e. The molecule has 1 unspecified atom stereocenters. The molecule has 2 aliphatic heterocycles. The molecule has 4 rings (SSSR count). The molecule has 1 atom stereocenters. The van der Waals surface area contributed by atoms with Crippen molar-refractivity contribution in [2.24, 2.45) is 5.41 Å². The summed E-state index contributed by atoms with van der Waals surface area (Å²) in [5, 5.41) is 9.01. The minimum absolute atomic E-state index is 0.00799. The highest BCUT2D eigenvalue weighted by Gasteiger charge is 2.40. The van der Waals surface area contributed by atoms with Gasteiger partial charge in [0, 0.05) is 50.4 Å². The second-order valence-corrected chi connectivity index (χ2v) is 8.76. The molecule has 2 aromatic rings.